The van der Waals surface area contributed by atoms with Gasteiger partial charge in [-0.05, 0) is 42.3 Å². The summed E-state index contributed by atoms with van der Waals surface area (Å²) in [7, 11) is -3.77. The van der Waals surface area contributed by atoms with Crippen molar-refractivity contribution in [1.82, 2.24) is 4.72 Å². The summed E-state index contributed by atoms with van der Waals surface area (Å²) in [5.74, 6) is 0.130. The molecule has 0 saturated heterocycles. The standard InChI is InChI=1S/C17H17ClN2O4S/c1-2-14(11-3-5-12(18)6-4-11)20-25(22,23)13-7-8-16-15(9-13)19-17(21)10-24-16/h3-9,14,20H,2,10H2,1H3,(H,19,21). The van der Waals surface area contributed by atoms with E-state index in [0.29, 0.717) is 22.9 Å². The van der Waals surface area contributed by atoms with Crippen LogP contribution in [-0.2, 0) is 14.8 Å². The van der Waals surface area contributed by atoms with E-state index in [1.54, 1.807) is 24.3 Å². The van der Waals surface area contributed by atoms with Crippen molar-refractivity contribution in [2.45, 2.75) is 24.3 Å². The van der Waals surface area contributed by atoms with Crippen LogP contribution in [0.1, 0.15) is 24.9 Å². The highest BCUT2D eigenvalue weighted by molar-refractivity contribution is 7.89. The van der Waals surface area contributed by atoms with Gasteiger partial charge in [0, 0.05) is 11.1 Å². The summed E-state index contributed by atoms with van der Waals surface area (Å²) in [5.41, 5.74) is 1.17. The van der Waals surface area contributed by atoms with E-state index in [1.165, 1.54) is 18.2 Å². The molecule has 0 bridgehead atoms. The Morgan fingerprint density at radius 3 is 2.64 bits per heavy atom. The lowest BCUT2D eigenvalue weighted by atomic mass is 10.1. The number of nitrogens with one attached hydrogen (secondary N) is 2. The largest absolute Gasteiger partial charge is 0.482 e. The van der Waals surface area contributed by atoms with Gasteiger partial charge in [0.25, 0.3) is 5.91 Å². The minimum Gasteiger partial charge on any atom is -0.482 e. The van der Waals surface area contributed by atoms with Crippen molar-refractivity contribution in [2.75, 3.05) is 11.9 Å². The third kappa shape index (κ3) is 3.95. The maximum atomic E-state index is 12.7. The average Bonchev–Trinajstić information content (AvgIpc) is 2.60. The number of anilines is 1. The number of benzene rings is 2. The van der Waals surface area contributed by atoms with Gasteiger partial charge < -0.3 is 10.1 Å². The lowest BCUT2D eigenvalue weighted by molar-refractivity contribution is -0.118. The Morgan fingerprint density at radius 1 is 1.24 bits per heavy atom. The van der Waals surface area contributed by atoms with Crippen LogP contribution >= 0.6 is 11.6 Å². The van der Waals surface area contributed by atoms with E-state index in [-0.39, 0.29) is 23.5 Å². The summed E-state index contributed by atoms with van der Waals surface area (Å²) in [5, 5.41) is 3.20. The van der Waals surface area contributed by atoms with Crippen LogP contribution in [0.2, 0.25) is 5.02 Å². The highest BCUT2D eigenvalue weighted by atomic mass is 35.5. The van der Waals surface area contributed by atoms with Crippen molar-refractivity contribution < 1.29 is 17.9 Å². The van der Waals surface area contributed by atoms with E-state index in [9.17, 15) is 13.2 Å². The number of halogens is 1. The summed E-state index contributed by atoms with van der Waals surface area (Å²) in [6, 6.07) is 11.0. The molecule has 0 spiro atoms. The molecule has 8 heteroatoms. The first kappa shape index (κ1) is 17.7. The van der Waals surface area contributed by atoms with E-state index < -0.39 is 10.0 Å². The van der Waals surface area contributed by atoms with E-state index >= 15 is 0 Å². The number of hydrogen-bond acceptors (Lipinski definition) is 4. The van der Waals surface area contributed by atoms with Crippen LogP contribution in [0.25, 0.3) is 0 Å². The molecule has 1 atom stereocenters. The zero-order chi connectivity index (χ0) is 18.0. The highest BCUT2D eigenvalue weighted by Crippen LogP contribution is 2.31. The maximum absolute atomic E-state index is 12.7. The smallest absolute Gasteiger partial charge is 0.262 e. The molecule has 0 fully saturated rings. The molecule has 1 amide bonds. The van der Waals surface area contributed by atoms with Crippen molar-refractivity contribution >= 4 is 33.2 Å². The van der Waals surface area contributed by atoms with Gasteiger partial charge in [-0.25, -0.2) is 13.1 Å². The summed E-state index contributed by atoms with van der Waals surface area (Å²) < 4.78 is 33.4. The van der Waals surface area contributed by atoms with Crippen LogP contribution in [0.3, 0.4) is 0 Å². The second-order valence-electron chi connectivity index (χ2n) is 5.63. The topological polar surface area (TPSA) is 84.5 Å². The second-order valence-corrected chi connectivity index (χ2v) is 7.78. The number of hydrogen-bond donors (Lipinski definition) is 2. The fraction of sp³-hybridized carbons (Fsp3) is 0.235. The van der Waals surface area contributed by atoms with Crippen molar-refractivity contribution in [2.24, 2.45) is 0 Å². The molecule has 0 saturated carbocycles. The number of sulfonamides is 1. The number of rotatable bonds is 5. The first-order valence-corrected chi connectivity index (χ1v) is 9.59. The van der Waals surface area contributed by atoms with Gasteiger partial charge >= 0.3 is 0 Å². The zero-order valence-corrected chi connectivity index (χ0v) is 15.0. The van der Waals surface area contributed by atoms with Crippen molar-refractivity contribution in [3.8, 4) is 5.75 Å². The Bertz CT molecular complexity index is 897. The predicted octanol–water partition coefficient (Wildman–Crippen LogP) is 3.10. The minimum atomic E-state index is -3.77. The molecule has 2 aromatic carbocycles. The summed E-state index contributed by atoms with van der Waals surface area (Å²) in [6.07, 6.45) is 0.575. The number of carbonyl (C=O) groups excluding carboxylic acids is 1. The van der Waals surface area contributed by atoms with E-state index in [1.807, 2.05) is 6.92 Å². The SMILES string of the molecule is CCC(NS(=O)(=O)c1ccc2c(c1)NC(=O)CO2)c1ccc(Cl)cc1. The number of amides is 1. The normalized spacial score (nSPS) is 15.0. The molecule has 1 unspecified atom stereocenters. The van der Waals surface area contributed by atoms with Gasteiger partial charge in [-0.15, -0.1) is 0 Å². The number of carbonyl (C=O) groups is 1. The van der Waals surface area contributed by atoms with E-state index in [2.05, 4.69) is 10.0 Å². The zero-order valence-electron chi connectivity index (χ0n) is 13.5. The van der Waals surface area contributed by atoms with Crippen LogP contribution in [0.5, 0.6) is 5.75 Å². The quantitative estimate of drug-likeness (QED) is 0.834. The molecule has 1 aliphatic rings. The molecule has 0 aliphatic carbocycles. The number of fused-ring (bicyclic) bond motifs is 1. The molecule has 25 heavy (non-hydrogen) atoms. The molecule has 0 aromatic heterocycles. The highest BCUT2D eigenvalue weighted by Gasteiger charge is 2.23. The molecule has 1 heterocycles. The first-order chi connectivity index (χ1) is 11.9. The van der Waals surface area contributed by atoms with E-state index in [4.69, 9.17) is 16.3 Å². The van der Waals surface area contributed by atoms with E-state index in [0.717, 1.165) is 5.56 Å². The van der Waals surface area contributed by atoms with Gasteiger partial charge in [-0.1, -0.05) is 30.7 Å². The number of ether oxygens (including phenoxy) is 1. The maximum Gasteiger partial charge on any atom is 0.262 e. The van der Waals surface area contributed by atoms with Gasteiger partial charge in [0.2, 0.25) is 10.0 Å². The van der Waals surface area contributed by atoms with Crippen LogP contribution < -0.4 is 14.8 Å². The fourth-order valence-electron chi connectivity index (χ4n) is 2.57. The molecular formula is C17H17ClN2O4S. The summed E-state index contributed by atoms with van der Waals surface area (Å²) >= 11 is 5.88. The lowest BCUT2D eigenvalue weighted by Gasteiger charge is -2.20. The fourth-order valence-corrected chi connectivity index (χ4v) is 4.03. The monoisotopic (exact) mass is 380 g/mol. The summed E-state index contributed by atoms with van der Waals surface area (Å²) in [4.78, 5) is 11.5. The molecule has 0 radical (unpaired) electrons. The lowest BCUT2D eigenvalue weighted by Crippen LogP contribution is -2.29. The Balaban J connectivity index is 1.87. The van der Waals surface area contributed by atoms with Crippen LogP contribution in [0.15, 0.2) is 47.4 Å². The Hall–Kier alpha value is -2.09. The predicted molar refractivity (Wildman–Crippen MR) is 95.4 cm³/mol. The molecular weight excluding hydrogens is 364 g/mol. The third-order valence-electron chi connectivity index (χ3n) is 3.87. The molecule has 3 rings (SSSR count). The summed E-state index contributed by atoms with van der Waals surface area (Å²) in [6.45, 7) is 1.81. The van der Waals surface area contributed by atoms with Gasteiger partial charge in [0.1, 0.15) is 5.75 Å². The minimum absolute atomic E-state index is 0.0597. The third-order valence-corrected chi connectivity index (χ3v) is 5.59. The van der Waals surface area contributed by atoms with Gasteiger partial charge in [0.15, 0.2) is 6.61 Å². The second kappa shape index (κ2) is 7.03. The van der Waals surface area contributed by atoms with Crippen LogP contribution in [0, 0.1) is 0 Å². The van der Waals surface area contributed by atoms with Crippen molar-refractivity contribution in [3.63, 3.8) is 0 Å². The molecule has 1 aliphatic heterocycles. The van der Waals surface area contributed by atoms with Crippen molar-refractivity contribution in [1.29, 1.82) is 0 Å². The Morgan fingerprint density at radius 2 is 1.96 bits per heavy atom. The Labute approximate surface area is 151 Å². The van der Waals surface area contributed by atoms with Crippen LogP contribution in [-0.4, -0.2) is 20.9 Å². The molecule has 6 nitrogen and oxygen atoms in total. The van der Waals surface area contributed by atoms with Crippen LogP contribution in [0.4, 0.5) is 5.69 Å². The Kier molecular flexibility index (Phi) is 4.99. The first-order valence-electron chi connectivity index (χ1n) is 7.73. The van der Waals surface area contributed by atoms with Gasteiger partial charge in [-0.2, -0.15) is 0 Å². The average molecular weight is 381 g/mol. The molecule has 2 aromatic rings. The molecule has 2 N–H and O–H groups in total. The molecule has 132 valence electrons. The van der Waals surface area contributed by atoms with Gasteiger partial charge in [-0.3, -0.25) is 4.79 Å². The van der Waals surface area contributed by atoms with Crippen molar-refractivity contribution in [3.05, 3.63) is 53.1 Å². The van der Waals surface area contributed by atoms with Gasteiger partial charge in [0.05, 0.1) is 10.6 Å².